The van der Waals surface area contributed by atoms with Gasteiger partial charge in [-0.05, 0) is 34.9 Å². The third kappa shape index (κ3) is 7.70. The molecule has 1 unspecified atom stereocenters. The summed E-state index contributed by atoms with van der Waals surface area (Å²) in [5, 5.41) is 12.5. The van der Waals surface area contributed by atoms with Crippen molar-refractivity contribution in [1.82, 2.24) is 10.2 Å². The van der Waals surface area contributed by atoms with Crippen LogP contribution < -0.4 is 10.1 Å². The molecular formula is C28H26N2O6S. The summed E-state index contributed by atoms with van der Waals surface area (Å²) in [7, 11) is 0. The van der Waals surface area contributed by atoms with Gasteiger partial charge in [-0.1, -0.05) is 72.8 Å². The number of amides is 2. The minimum atomic E-state index is -0.880. The van der Waals surface area contributed by atoms with Crippen molar-refractivity contribution in [2.75, 3.05) is 19.7 Å². The van der Waals surface area contributed by atoms with Crippen molar-refractivity contribution in [1.29, 1.82) is 0 Å². The molecule has 2 N–H and O–H groups in total. The summed E-state index contributed by atoms with van der Waals surface area (Å²) in [6, 6.07) is 25.5. The molecule has 0 aliphatic carbocycles. The van der Waals surface area contributed by atoms with Gasteiger partial charge in [-0.2, -0.15) is 0 Å². The first-order valence-corrected chi connectivity index (χ1v) is 12.5. The average Bonchev–Trinajstić information content (AvgIpc) is 3.24. The van der Waals surface area contributed by atoms with Crippen LogP contribution >= 0.6 is 11.8 Å². The van der Waals surface area contributed by atoms with Gasteiger partial charge in [-0.15, -0.1) is 0 Å². The third-order valence-electron chi connectivity index (χ3n) is 5.50. The van der Waals surface area contributed by atoms with Gasteiger partial charge in [0.05, 0.1) is 24.9 Å². The smallest absolute Gasteiger partial charge is 0.410 e. The van der Waals surface area contributed by atoms with Crippen LogP contribution in [0, 0.1) is 0 Å². The number of carbonyl (C=O) groups excluding carboxylic acids is 3. The number of nitrogens with one attached hydrogen (secondary N) is 1. The molecule has 37 heavy (non-hydrogen) atoms. The summed E-state index contributed by atoms with van der Waals surface area (Å²) in [4.78, 5) is 37.3. The quantitative estimate of drug-likeness (QED) is 0.373. The highest BCUT2D eigenvalue weighted by Crippen LogP contribution is 2.22. The summed E-state index contributed by atoms with van der Waals surface area (Å²) >= 11 is 0.629. The molecule has 2 amide bonds. The number of benzene rings is 3. The number of ether oxygens (including phenoxy) is 2. The number of hydrogen-bond donors (Lipinski definition) is 2. The molecule has 3 aromatic carbocycles. The maximum absolute atomic E-state index is 12.9. The Morgan fingerprint density at radius 1 is 0.973 bits per heavy atom. The maximum atomic E-state index is 12.9. The molecule has 1 heterocycles. The highest BCUT2D eigenvalue weighted by Gasteiger charge is 2.25. The standard InChI is InChI=1S/C28H26N2O6S/c31-25(22-9-5-2-6-10-22)18-30(28(34)36-19-21-7-3-1-4-8-21)15-16-35-23-13-11-20(12-14-23)17-24-26(32)37-27(33)29-24/h1-14,17,25,31H,15-16,18-19H2,(H,29,33). The van der Waals surface area contributed by atoms with Crippen LogP contribution in [0.3, 0.4) is 0 Å². The predicted octanol–water partition coefficient (Wildman–Crippen LogP) is 4.76. The van der Waals surface area contributed by atoms with Gasteiger partial charge in [0, 0.05) is 11.8 Å². The third-order valence-corrected chi connectivity index (χ3v) is 6.20. The first kappa shape index (κ1) is 26.0. The molecule has 1 atom stereocenters. The van der Waals surface area contributed by atoms with E-state index >= 15 is 0 Å². The maximum Gasteiger partial charge on any atom is 0.410 e. The Balaban J connectivity index is 1.35. The van der Waals surface area contributed by atoms with Crippen LogP contribution in [0.1, 0.15) is 22.8 Å². The van der Waals surface area contributed by atoms with E-state index in [1.807, 2.05) is 48.5 Å². The minimum absolute atomic E-state index is 0.0469. The van der Waals surface area contributed by atoms with Crippen molar-refractivity contribution in [2.24, 2.45) is 0 Å². The van der Waals surface area contributed by atoms with Gasteiger partial charge in [0.25, 0.3) is 5.24 Å². The van der Waals surface area contributed by atoms with Crippen LogP contribution in [0.2, 0.25) is 0 Å². The Kier molecular flexibility index (Phi) is 8.96. The lowest BCUT2D eigenvalue weighted by atomic mass is 10.1. The molecule has 4 rings (SSSR count). The Morgan fingerprint density at radius 3 is 2.30 bits per heavy atom. The summed E-state index contributed by atoms with van der Waals surface area (Å²) in [5.74, 6) is 0.569. The number of thioether (sulfide) groups is 1. The minimum Gasteiger partial charge on any atom is -0.492 e. The molecule has 1 aliphatic heterocycles. The van der Waals surface area contributed by atoms with Crippen molar-refractivity contribution in [3.8, 4) is 5.75 Å². The molecule has 0 aromatic heterocycles. The van der Waals surface area contributed by atoms with Gasteiger partial charge < -0.3 is 24.8 Å². The van der Waals surface area contributed by atoms with Gasteiger partial charge in [0.2, 0.25) is 5.12 Å². The van der Waals surface area contributed by atoms with Crippen LogP contribution in [0.4, 0.5) is 9.59 Å². The number of aliphatic hydroxyl groups is 1. The van der Waals surface area contributed by atoms with E-state index in [0.717, 1.165) is 11.1 Å². The van der Waals surface area contributed by atoms with Gasteiger partial charge in [0.1, 0.15) is 19.0 Å². The molecule has 0 saturated carbocycles. The highest BCUT2D eigenvalue weighted by atomic mass is 32.2. The van der Waals surface area contributed by atoms with E-state index in [-0.39, 0.29) is 42.4 Å². The second kappa shape index (κ2) is 12.8. The topological polar surface area (TPSA) is 105 Å². The number of hydrogen-bond acceptors (Lipinski definition) is 7. The molecule has 1 fully saturated rings. The molecule has 9 heteroatoms. The summed E-state index contributed by atoms with van der Waals surface area (Å²) < 4.78 is 11.3. The van der Waals surface area contributed by atoms with Crippen molar-refractivity contribution in [2.45, 2.75) is 12.7 Å². The van der Waals surface area contributed by atoms with Crippen molar-refractivity contribution in [3.05, 3.63) is 107 Å². The SMILES string of the molecule is O=C1NC(=Cc2ccc(OCCN(CC(O)c3ccccc3)C(=O)OCc3ccccc3)cc2)C(=O)S1. The molecular weight excluding hydrogens is 492 g/mol. The molecule has 0 spiro atoms. The zero-order valence-electron chi connectivity index (χ0n) is 19.9. The molecule has 190 valence electrons. The van der Waals surface area contributed by atoms with Gasteiger partial charge >= 0.3 is 6.09 Å². The van der Waals surface area contributed by atoms with Crippen molar-refractivity contribution < 1.29 is 29.0 Å². The number of nitrogens with zero attached hydrogens (tertiary/aromatic N) is 1. The van der Waals surface area contributed by atoms with Crippen LogP contribution in [0.5, 0.6) is 5.75 Å². The van der Waals surface area contributed by atoms with E-state index in [1.54, 1.807) is 42.5 Å². The first-order valence-electron chi connectivity index (χ1n) is 11.6. The van der Waals surface area contributed by atoms with Crippen LogP contribution in [0.25, 0.3) is 6.08 Å². The predicted molar refractivity (Wildman–Crippen MR) is 141 cm³/mol. The van der Waals surface area contributed by atoms with E-state index in [4.69, 9.17) is 9.47 Å². The zero-order chi connectivity index (χ0) is 26.0. The van der Waals surface area contributed by atoms with Crippen molar-refractivity contribution in [3.63, 3.8) is 0 Å². The van der Waals surface area contributed by atoms with Gasteiger partial charge in [-0.3, -0.25) is 9.59 Å². The number of carbonyl (C=O) groups is 3. The Morgan fingerprint density at radius 2 is 1.65 bits per heavy atom. The molecule has 1 saturated heterocycles. The van der Waals surface area contributed by atoms with Crippen molar-refractivity contribution >= 4 is 34.3 Å². The van der Waals surface area contributed by atoms with Crippen LogP contribution in [-0.4, -0.2) is 46.2 Å². The summed E-state index contributed by atoms with van der Waals surface area (Å²) in [6.07, 6.45) is 0.166. The van der Waals surface area contributed by atoms with E-state index in [9.17, 15) is 19.5 Å². The highest BCUT2D eigenvalue weighted by molar-refractivity contribution is 8.27. The molecule has 0 bridgehead atoms. The lowest BCUT2D eigenvalue weighted by Crippen LogP contribution is -2.38. The monoisotopic (exact) mass is 518 g/mol. The number of aliphatic hydroxyl groups excluding tert-OH is 1. The second-order valence-corrected chi connectivity index (χ2v) is 9.14. The summed E-state index contributed by atoms with van der Waals surface area (Å²) in [5.41, 5.74) is 2.54. The van der Waals surface area contributed by atoms with E-state index in [1.165, 1.54) is 4.90 Å². The number of rotatable bonds is 10. The van der Waals surface area contributed by atoms with E-state index in [2.05, 4.69) is 5.32 Å². The molecule has 3 aromatic rings. The van der Waals surface area contributed by atoms with Crippen LogP contribution in [-0.2, 0) is 16.1 Å². The fraction of sp³-hybridized carbons (Fsp3) is 0.179. The van der Waals surface area contributed by atoms with Gasteiger partial charge in [-0.25, -0.2) is 4.79 Å². The van der Waals surface area contributed by atoms with E-state index in [0.29, 0.717) is 23.1 Å². The Labute approximate surface area is 218 Å². The molecule has 1 aliphatic rings. The molecule has 0 radical (unpaired) electrons. The van der Waals surface area contributed by atoms with Gasteiger partial charge in [0.15, 0.2) is 0 Å². The Hall–Kier alpha value is -4.08. The summed E-state index contributed by atoms with van der Waals surface area (Å²) in [6.45, 7) is 0.538. The largest absolute Gasteiger partial charge is 0.492 e. The first-order chi connectivity index (χ1) is 18.0. The lowest BCUT2D eigenvalue weighted by molar-refractivity contribution is -0.107. The normalized spacial score (nSPS) is 14.8. The molecule has 8 nitrogen and oxygen atoms in total. The fourth-order valence-corrected chi connectivity index (χ4v) is 4.13. The Bertz CT molecular complexity index is 1250. The fourth-order valence-electron chi connectivity index (χ4n) is 3.58. The second-order valence-electron chi connectivity index (χ2n) is 8.19. The van der Waals surface area contributed by atoms with Crippen LogP contribution in [0.15, 0.2) is 90.6 Å². The van der Waals surface area contributed by atoms with E-state index < -0.39 is 12.2 Å². The zero-order valence-corrected chi connectivity index (χ0v) is 20.7. The lowest BCUT2D eigenvalue weighted by Gasteiger charge is -2.25. The average molecular weight is 519 g/mol.